The third kappa shape index (κ3) is 57.3. The zero-order chi connectivity index (χ0) is 68.8. The van der Waals surface area contributed by atoms with E-state index < -0.39 is 67.4 Å². The van der Waals surface area contributed by atoms with Crippen molar-refractivity contribution in [1.82, 2.24) is 5.32 Å². The molecule has 1 aliphatic heterocycles. The molecule has 6 N–H and O–H groups in total. The summed E-state index contributed by atoms with van der Waals surface area (Å²) in [6, 6.07) is -1.03. The molecule has 552 valence electrons. The van der Waals surface area contributed by atoms with Crippen LogP contribution in [0, 0.1) is 0 Å². The fourth-order valence-corrected chi connectivity index (χ4v) is 12.5. The first kappa shape index (κ1) is 89.9. The molecule has 0 aliphatic carbocycles. The van der Waals surface area contributed by atoms with Crippen LogP contribution in [0.25, 0.3) is 0 Å². The smallest absolute Gasteiger partial charge is 0.306 e. The van der Waals surface area contributed by atoms with Crippen molar-refractivity contribution in [3.8, 4) is 0 Å². The van der Waals surface area contributed by atoms with Crippen LogP contribution in [-0.4, -0.2) is 99.6 Å². The van der Waals surface area contributed by atoms with Gasteiger partial charge in [-0.2, -0.15) is 0 Å². The van der Waals surface area contributed by atoms with Crippen LogP contribution in [0.15, 0.2) is 85.1 Å². The molecule has 0 aromatic carbocycles. The second kappa shape index (κ2) is 70.7. The fraction of sp³-hybridized carbons (Fsp3) is 0.810. The lowest BCUT2D eigenvalue weighted by Crippen LogP contribution is -2.61. The van der Waals surface area contributed by atoms with Crippen LogP contribution in [0.3, 0.4) is 0 Å². The predicted molar refractivity (Wildman–Crippen MR) is 402 cm³/mol. The van der Waals surface area contributed by atoms with Gasteiger partial charge in [0.25, 0.3) is 0 Å². The Balaban J connectivity index is 2.51. The molecule has 1 saturated heterocycles. The summed E-state index contributed by atoms with van der Waals surface area (Å²) in [5.41, 5.74) is 0. The topological polar surface area (TPSA) is 175 Å². The Kier molecular flexibility index (Phi) is 66.9. The summed E-state index contributed by atoms with van der Waals surface area (Å²) in [6.07, 6.45) is 84.9. The van der Waals surface area contributed by atoms with E-state index in [-0.39, 0.29) is 13.0 Å². The van der Waals surface area contributed by atoms with Crippen LogP contribution in [0.5, 0.6) is 0 Å². The quantitative estimate of drug-likeness (QED) is 0.0195. The van der Waals surface area contributed by atoms with Gasteiger partial charge in [-0.05, 0) is 77.0 Å². The second-order valence-electron chi connectivity index (χ2n) is 27.8. The van der Waals surface area contributed by atoms with Gasteiger partial charge in [-0.1, -0.05) is 376 Å². The normalized spacial score (nSPS) is 18.2. The maximum Gasteiger partial charge on any atom is 0.306 e. The summed E-state index contributed by atoms with van der Waals surface area (Å²) in [6.45, 7) is 5.74. The molecule has 0 aromatic heterocycles. The van der Waals surface area contributed by atoms with Gasteiger partial charge in [-0.15, -0.1) is 0 Å². The number of ether oxygens (including phenoxy) is 3. The Labute approximate surface area is 584 Å². The first-order valence-electron chi connectivity index (χ1n) is 40.4. The number of aliphatic hydroxyl groups excluding tert-OH is 5. The molecule has 0 aromatic rings. The number of amides is 1. The molecule has 8 unspecified atom stereocenters. The monoisotopic (exact) mass is 1330 g/mol. The zero-order valence-electron chi connectivity index (χ0n) is 61.8. The molecular weight excluding hydrogens is 1180 g/mol. The number of unbranched alkanes of at least 4 members (excludes halogenated alkanes) is 44. The second-order valence-corrected chi connectivity index (χ2v) is 27.8. The van der Waals surface area contributed by atoms with Crippen molar-refractivity contribution in [2.24, 2.45) is 0 Å². The minimum absolute atomic E-state index is 0.111. The number of nitrogens with one attached hydrogen (secondary N) is 1. The van der Waals surface area contributed by atoms with Crippen LogP contribution in [0.4, 0.5) is 0 Å². The molecule has 11 nitrogen and oxygen atoms in total. The minimum Gasteiger partial charge on any atom is -0.454 e. The maximum atomic E-state index is 13.6. The molecule has 8 atom stereocenters. The van der Waals surface area contributed by atoms with Gasteiger partial charge in [-0.25, -0.2) is 0 Å². The van der Waals surface area contributed by atoms with Crippen molar-refractivity contribution in [3.63, 3.8) is 0 Å². The van der Waals surface area contributed by atoms with E-state index in [1.54, 1.807) is 6.08 Å². The van der Waals surface area contributed by atoms with Crippen LogP contribution in [-0.2, 0) is 23.8 Å². The van der Waals surface area contributed by atoms with Gasteiger partial charge in [0, 0.05) is 6.42 Å². The van der Waals surface area contributed by atoms with E-state index in [1.165, 1.54) is 218 Å². The average Bonchev–Trinajstić information content (AvgIpc) is 0.823. The summed E-state index contributed by atoms with van der Waals surface area (Å²) in [5, 5.41) is 57.5. The Bertz CT molecular complexity index is 1880. The molecule has 0 saturated carbocycles. The van der Waals surface area contributed by atoms with E-state index in [2.05, 4.69) is 99.0 Å². The number of allylic oxidation sites excluding steroid dienone is 13. The van der Waals surface area contributed by atoms with Gasteiger partial charge < -0.3 is 45.1 Å². The molecule has 95 heavy (non-hydrogen) atoms. The standard InChI is InChI=1S/C84H151NO10/c1-4-7-10-13-16-19-22-25-27-29-31-33-35-37-39-41-43-45-47-49-51-54-57-60-63-66-69-72-79(89)95-82-81(91)80(90)78(73-86)94-84(82)93-74-75(76(87)70-67-64-61-58-55-52-24-21-18-15-12-9-6-3)85-83(92)77(88)71-68-65-62-59-56-53-50-48-46-44-42-40-38-36-34-32-30-28-26-23-20-17-14-11-8-5-2/h7,10,16,19,25,27,31,33,37,39,43,45,67,70,75-78,80-82,84,86-88,90-91H,4-6,8-9,11-15,17-18,20-24,26,28-30,32,34-36,38,40-42,44,46-66,68-69,71-74H2,1-3H3,(H,85,92)/b10-7-,19-16-,27-25-,33-31-,39-37-,45-43-,70-67+. The van der Waals surface area contributed by atoms with Gasteiger partial charge in [0.2, 0.25) is 5.91 Å². The van der Waals surface area contributed by atoms with Crippen LogP contribution in [0.2, 0.25) is 0 Å². The first-order valence-corrected chi connectivity index (χ1v) is 40.4. The maximum absolute atomic E-state index is 13.6. The molecular formula is C84H151NO10. The van der Waals surface area contributed by atoms with Crippen LogP contribution < -0.4 is 5.32 Å². The highest BCUT2D eigenvalue weighted by molar-refractivity contribution is 5.80. The Morgan fingerprint density at radius 1 is 0.421 bits per heavy atom. The summed E-state index contributed by atoms with van der Waals surface area (Å²) in [7, 11) is 0. The largest absolute Gasteiger partial charge is 0.454 e. The Morgan fingerprint density at radius 2 is 0.758 bits per heavy atom. The van der Waals surface area contributed by atoms with Gasteiger partial charge in [0.1, 0.15) is 24.4 Å². The van der Waals surface area contributed by atoms with Crippen molar-refractivity contribution >= 4 is 11.9 Å². The third-order valence-electron chi connectivity index (χ3n) is 18.8. The molecule has 0 spiro atoms. The lowest BCUT2D eigenvalue weighted by Gasteiger charge is -2.41. The van der Waals surface area contributed by atoms with Crippen molar-refractivity contribution in [2.45, 2.75) is 423 Å². The Morgan fingerprint density at radius 3 is 1.14 bits per heavy atom. The lowest BCUT2D eigenvalue weighted by atomic mass is 9.99. The SMILES string of the molecule is CC/C=C\C/C=C\C/C=C\C/C=C\C/C=C\C/C=C\CCCCCCCCCCC(=O)OC1C(OCC(NC(=O)C(O)CCCCCCCCCCCCCCCCCCCCCCCCCCCC)C(O)/C=C/CCCCCCCCCCCCC)OC(CO)C(O)C1O. The first-order chi connectivity index (χ1) is 46.7. The Hall–Kier alpha value is -3.16. The summed E-state index contributed by atoms with van der Waals surface area (Å²) < 4.78 is 17.8. The number of aliphatic hydroxyl groups is 5. The number of hydrogen-bond acceptors (Lipinski definition) is 10. The van der Waals surface area contributed by atoms with Gasteiger partial charge in [-0.3, -0.25) is 9.59 Å². The molecule has 1 amide bonds. The van der Waals surface area contributed by atoms with Crippen LogP contribution >= 0.6 is 0 Å². The summed E-state index contributed by atoms with van der Waals surface area (Å²) >= 11 is 0. The van der Waals surface area contributed by atoms with Gasteiger partial charge >= 0.3 is 5.97 Å². The van der Waals surface area contributed by atoms with E-state index in [9.17, 15) is 35.1 Å². The molecule has 1 rings (SSSR count). The third-order valence-corrected chi connectivity index (χ3v) is 18.8. The zero-order valence-corrected chi connectivity index (χ0v) is 61.8. The van der Waals surface area contributed by atoms with E-state index in [0.717, 1.165) is 109 Å². The molecule has 0 bridgehead atoms. The van der Waals surface area contributed by atoms with E-state index in [1.807, 2.05) is 6.08 Å². The van der Waals surface area contributed by atoms with Gasteiger partial charge in [0.15, 0.2) is 12.4 Å². The van der Waals surface area contributed by atoms with Crippen molar-refractivity contribution in [3.05, 3.63) is 85.1 Å². The number of rotatable bonds is 70. The summed E-state index contributed by atoms with van der Waals surface area (Å²) in [5.74, 6) is -1.19. The highest BCUT2D eigenvalue weighted by Gasteiger charge is 2.47. The highest BCUT2D eigenvalue weighted by atomic mass is 16.7. The summed E-state index contributed by atoms with van der Waals surface area (Å²) in [4.78, 5) is 26.8. The van der Waals surface area contributed by atoms with E-state index in [4.69, 9.17) is 14.2 Å². The molecule has 1 fully saturated rings. The fourth-order valence-electron chi connectivity index (χ4n) is 12.5. The molecule has 0 radical (unpaired) electrons. The van der Waals surface area contributed by atoms with E-state index >= 15 is 0 Å². The number of carbonyl (C=O) groups excluding carboxylic acids is 2. The highest BCUT2D eigenvalue weighted by Crippen LogP contribution is 2.27. The van der Waals surface area contributed by atoms with Crippen LogP contribution in [0.1, 0.15) is 374 Å². The number of esters is 1. The van der Waals surface area contributed by atoms with Crippen molar-refractivity contribution in [2.75, 3.05) is 13.2 Å². The number of hydrogen-bond donors (Lipinski definition) is 6. The molecule has 11 heteroatoms. The number of carbonyl (C=O) groups is 2. The lowest BCUT2D eigenvalue weighted by molar-refractivity contribution is -0.305. The molecule has 1 aliphatic rings. The van der Waals surface area contributed by atoms with Crippen molar-refractivity contribution in [1.29, 1.82) is 0 Å². The minimum atomic E-state index is -1.62. The predicted octanol–water partition coefficient (Wildman–Crippen LogP) is 22.0. The van der Waals surface area contributed by atoms with E-state index in [0.29, 0.717) is 19.3 Å². The van der Waals surface area contributed by atoms with Gasteiger partial charge in [0.05, 0.1) is 25.4 Å². The average molecular weight is 1340 g/mol. The van der Waals surface area contributed by atoms with Crippen molar-refractivity contribution < 1.29 is 49.3 Å². The molecule has 1 heterocycles.